The summed E-state index contributed by atoms with van der Waals surface area (Å²) < 4.78 is 5.25. The first-order chi connectivity index (χ1) is 16.5. The lowest BCUT2D eigenvalue weighted by atomic mass is 10.1. The van der Waals surface area contributed by atoms with Gasteiger partial charge in [-0.25, -0.2) is 9.97 Å². The first-order valence-electron chi connectivity index (χ1n) is 10.8. The topological polar surface area (TPSA) is 118 Å². The van der Waals surface area contributed by atoms with Gasteiger partial charge in [-0.1, -0.05) is 17.4 Å². The van der Waals surface area contributed by atoms with Crippen molar-refractivity contribution in [1.82, 2.24) is 19.9 Å². The van der Waals surface area contributed by atoms with Gasteiger partial charge in [-0.15, -0.1) is 0 Å². The van der Waals surface area contributed by atoms with Crippen molar-refractivity contribution >= 4 is 39.9 Å². The molecule has 11 heteroatoms. The molecular formula is C23H22N6O4S. The fraction of sp³-hybridized carbons (Fsp3) is 0.304. The van der Waals surface area contributed by atoms with Crippen LogP contribution in [-0.4, -0.2) is 57.8 Å². The number of hydrogen-bond acceptors (Lipinski definition) is 8. The molecule has 1 fully saturated rings. The van der Waals surface area contributed by atoms with E-state index < -0.39 is 5.92 Å². The molecule has 4 heterocycles. The molecule has 0 spiro atoms. The van der Waals surface area contributed by atoms with Crippen LogP contribution < -0.4 is 15.0 Å². The summed E-state index contributed by atoms with van der Waals surface area (Å²) in [7, 11) is 1.58. The minimum absolute atomic E-state index is 0.0389. The highest BCUT2D eigenvalue weighted by Gasteiger charge is 2.38. The molecule has 1 saturated heterocycles. The van der Waals surface area contributed by atoms with Crippen molar-refractivity contribution < 1.29 is 19.1 Å². The summed E-state index contributed by atoms with van der Waals surface area (Å²) in [5, 5.41) is 3.22. The van der Waals surface area contributed by atoms with Crippen molar-refractivity contribution in [3.8, 4) is 5.75 Å². The fourth-order valence-electron chi connectivity index (χ4n) is 4.17. The predicted molar refractivity (Wildman–Crippen MR) is 125 cm³/mol. The Hall–Kier alpha value is -3.86. The zero-order valence-corrected chi connectivity index (χ0v) is 19.2. The Morgan fingerprint density at radius 2 is 2.15 bits per heavy atom. The lowest BCUT2D eigenvalue weighted by Gasteiger charge is -2.28. The summed E-state index contributed by atoms with van der Waals surface area (Å²) in [4.78, 5) is 55.0. The molecule has 0 bridgehead atoms. The third kappa shape index (κ3) is 4.34. The third-order valence-electron chi connectivity index (χ3n) is 5.90. The SMILES string of the molecule is COc1cccc(N2C[C@H](C(=O)N3CCc4nc(NC(=O)c5cnccn5)sc4C3)CC2=O)c1. The van der Waals surface area contributed by atoms with Gasteiger partial charge in [0.2, 0.25) is 11.8 Å². The Labute approximate surface area is 199 Å². The lowest BCUT2D eigenvalue weighted by molar-refractivity contribution is -0.136. The highest BCUT2D eigenvalue weighted by atomic mass is 32.1. The maximum atomic E-state index is 13.2. The van der Waals surface area contributed by atoms with Crippen LogP contribution in [0.2, 0.25) is 0 Å². The molecule has 5 rings (SSSR count). The maximum absolute atomic E-state index is 13.2. The van der Waals surface area contributed by atoms with E-state index in [0.717, 1.165) is 16.3 Å². The molecule has 2 aromatic heterocycles. The van der Waals surface area contributed by atoms with Gasteiger partial charge in [0.25, 0.3) is 5.91 Å². The summed E-state index contributed by atoms with van der Waals surface area (Å²) in [6.45, 7) is 1.28. The van der Waals surface area contributed by atoms with Crippen molar-refractivity contribution in [2.45, 2.75) is 19.4 Å². The van der Waals surface area contributed by atoms with Crippen LogP contribution in [0.4, 0.5) is 10.8 Å². The Bertz CT molecular complexity index is 1250. The minimum Gasteiger partial charge on any atom is -0.497 e. The third-order valence-corrected chi connectivity index (χ3v) is 6.90. The molecule has 3 amide bonds. The molecule has 1 N–H and O–H groups in total. The summed E-state index contributed by atoms with van der Waals surface area (Å²) in [5.41, 5.74) is 1.81. The Kier molecular flexibility index (Phi) is 5.93. The second-order valence-electron chi connectivity index (χ2n) is 8.05. The number of hydrogen-bond donors (Lipinski definition) is 1. The quantitative estimate of drug-likeness (QED) is 0.597. The molecule has 0 aliphatic carbocycles. The van der Waals surface area contributed by atoms with E-state index in [1.807, 2.05) is 18.2 Å². The van der Waals surface area contributed by atoms with Gasteiger partial charge >= 0.3 is 0 Å². The summed E-state index contributed by atoms with van der Waals surface area (Å²) in [6, 6.07) is 7.28. The monoisotopic (exact) mass is 478 g/mol. The van der Waals surface area contributed by atoms with Gasteiger partial charge in [0.1, 0.15) is 11.4 Å². The standard InChI is InChI=1S/C23H22N6O4S/c1-33-16-4-2-3-15(10-16)29-12-14(9-20(29)30)22(32)28-8-5-17-19(13-28)34-23(26-17)27-21(31)18-11-24-6-7-25-18/h2-4,6-7,10-11,14H,5,8-9,12-13H2,1H3,(H,26,27,31)/t14-/m1/s1. The van der Waals surface area contributed by atoms with Crippen LogP contribution in [0, 0.1) is 5.92 Å². The number of nitrogens with zero attached hydrogens (tertiary/aromatic N) is 5. The van der Waals surface area contributed by atoms with Crippen molar-refractivity contribution in [1.29, 1.82) is 0 Å². The summed E-state index contributed by atoms with van der Waals surface area (Å²) in [5.74, 6) is -0.228. The molecule has 1 atom stereocenters. The van der Waals surface area contributed by atoms with Gasteiger partial charge in [0.15, 0.2) is 5.13 Å². The molecule has 10 nitrogen and oxygen atoms in total. The van der Waals surface area contributed by atoms with E-state index in [2.05, 4.69) is 20.3 Å². The van der Waals surface area contributed by atoms with E-state index in [0.29, 0.717) is 36.9 Å². The minimum atomic E-state index is -0.399. The number of benzene rings is 1. The van der Waals surface area contributed by atoms with Crippen LogP contribution >= 0.6 is 11.3 Å². The number of ether oxygens (including phenoxy) is 1. The second kappa shape index (κ2) is 9.18. The summed E-state index contributed by atoms with van der Waals surface area (Å²) in [6.07, 6.45) is 5.12. The smallest absolute Gasteiger partial charge is 0.277 e. The number of anilines is 2. The second-order valence-corrected chi connectivity index (χ2v) is 9.13. The van der Waals surface area contributed by atoms with Crippen molar-refractivity contribution in [2.24, 2.45) is 5.92 Å². The van der Waals surface area contributed by atoms with Crippen LogP contribution in [0.1, 0.15) is 27.5 Å². The van der Waals surface area contributed by atoms with Crippen LogP contribution in [0.3, 0.4) is 0 Å². The Morgan fingerprint density at radius 1 is 1.26 bits per heavy atom. The maximum Gasteiger partial charge on any atom is 0.277 e. The highest BCUT2D eigenvalue weighted by Crippen LogP contribution is 2.32. The van der Waals surface area contributed by atoms with E-state index in [9.17, 15) is 14.4 Å². The highest BCUT2D eigenvalue weighted by molar-refractivity contribution is 7.15. The van der Waals surface area contributed by atoms with Gasteiger partial charge in [0, 0.05) is 55.0 Å². The van der Waals surface area contributed by atoms with E-state index in [1.54, 1.807) is 23.0 Å². The number of carbonyl (C=O) groups is 3. The molecular weight excluding hydrogens is 456 g/mol. The van der Waals surface area contributed by atoms with Gasteiger partial charge < -0.3 is 14.5 Å². The van der Waals surface area contributed by atoms with E-state index in [4.69, 9.17) is 4.74 Å². The van der Waals surface area contributed by atoms with Crippen molar-refractivity contribution in [3.05, 3.63) is 59.1 Å². The molecule has 0 unspecified atom stereocenters. The molecule has 2 aliphatic rings. The van der Waals surface area contributed by atoms with E-state index >= 15 is 0 Å². The van der Waals surface area contributed by atoms with Gasteiger partial charge in [-0.05, 0) is 12.1 Å². The van der Waals surface area contributed by atoms with Crippen LogP contribution in [-0.2, 0) is 22.6 Å². The van der Waals surface area contributed by atoms with Crippen LogP contribution in [0.25, 0.3) is 0 Å². The normalized spacial score (nSPS) is 17.4. The van der Waals surface area contributed by atoms with Crippen LogP contribution in [0.5, 0.6) is 5.75 Å². The zero-order valence-electron chi connectivity index (χ0n) is 18.4. The molecule has 0 saturated carbocycles. The number of rotatable bonds is 5. The number of thiazole rings is 1. The number of methoxy groups -OCH3 is 1. The number of aromatic nitrogens is 3. The molecule has 1 aromatic carbocycles. The van der Waals surface area contributed by atoms with Gasteiger partial charge in [-0.2, -0.15) is 0 Å². The Balaban J connectivity index is 1.24. The average molecular weight is 479 g/mol. The number of fused-ring (bicyclic) bond motifs is 1. The van der Waals surface area contributed by atoms with Gasteiger partial charge in [-0.3, -0.25) is 24.7 Å². The first kappa shape index (κ1) is 22.0. The number of nitrogens with one attached hydrogen (secondary N) is 1. The number of carbonyl (C=O) groups excluding carboxylic acids is 3. The van der Waals surface area contributed by atoms with E-state index in [-0.39, 0.29) is 29.8 Å². The van der Waals surface area contributed by atoms with Crippen molar-refractivity contribution in [3.63, 3.8) is 0 Å². The molecule has 2 aliphatic heterocycles. The lowest BCUT2D eigenvalue weighted by Crippen LogP contribution is -2.40. The average Bonchev–Trinajstić information content (AvgIpc) is 3.46. The van der Waals surface area contributed by atoms with Crippen LogP contribution in [0.15, 0.2) is 42.9 Å². The predicted octanol–water partition coefficient (Wildman–Crippen LogP) is 2.13. The molecule has 0 radical (unpaired) electrons. The summed E-state index contributed by atoms with van der Waals surface area (Å²) >= 11 is 1.35. The molecule has 34 heavy (non-hydrogen) atoms. The zero-order chi connectivity index (χ0) is 23.7. The molecule has 174 valence electrons. The van der Waals surface area contributed by atoms with Gasteiger partial charge in [0.05, 0.1) is 31.5 Å². The first-order valence-corrected chi connectivity index (χ1v) is 11.6. The molecule has 3 aromatic rings. The number of amides is 3. The van der Waals surface area contributed by atoms with E-state index in [1.165, 1.54) is 29.9 Å². The largest absolute Gasteiger partial charge is 0.497 e. The Morgan fingerprint density at radius 3 is 2.94 bits per heavy atom. The fourth-order valence-corrected chi connectivity index (χ4v) is 5.19. The van der Waals surface area contributed by atoms with Crippen molar-refractivity contribution in [2.75, 3.05) is 30.4 Å².